The number of alkyl halides is 3. The lowest BCUT2D eigenvalue weighted by Gasteiger charge is -2.20. The molecule has 1 atom stereocenters. The zero-order valence-corrected chi connectivity index (χ0v) is 15.1. The number of rotatable bonds is 6. The van der Waals surface area contributed by atoms with E-state index >= 15 is 0 Å². The molecule has 142 valence electrons. The smallest absolute Gasteiger partial charge is 0.252 e. The fraction of sp³-hybridized carbons (Fsp3) is 0.250. The average molecular weight is 408 g/mol. The summed E-state index contributed by atoms with van der Waals surface area (Å²) in [5.41, 5.74) is 0.697. The number of sulfone groups is 1. The fourth-order valence-corrected chi connectivity index (χ4v) is 4.58. The van der Waals surface area contributed by atoms with Crippen molar-refractivity contribution in [2.75, 3.05) is 5.75 Å². The molecule has 0 aliphatic rings. The van der Waals surface area contributed by atoms with Crippen molar-refractivity contribution in [3.63, 3.8) is 0 Å². The zero-order chi connectivity index (χ0) is 19.6. The highest BCUT2D eigenvalue weighted by Gasteiger charge is 2.46. The largest absolute Gasteiger partial charge is 0.417 e. The highest BCUT2D eigenvalue weighted by molar-refractivity contribution is 7.91. The van der Waals surface area contributed by atoms with E-state index in [2.05, 4.69) is 4.18 Å². The van der Waals surface area contributed by atoms with Crippen LogP contribution < -0.4 is 0 Å². The first kappa shape index (κ1) is 20.4. The van der Waals surface area contributed by atoms with E-state index in [1.54, 1.807) is 6.92 Å². The van der Waals surface area contributed by atoms with Crippen molar-refractivity contribution in [1.29, 1.82) is 0 Å². The van der Waals surface area contributed by atoms with Gasteiger partial charge in [-0.25, -0.2) is 8.42 Å². The van der Waals surface area contributed by atoms with Crippen LogP contribution in [0.2, 0.25) is 0 Å². The second-order valence-corrected chi connectivity index (χ2v) is 9.09. The van der Waals surface area contributed by atoms with Crippen LogP contribution in [0.4, 0.5) is 13.2 Å². The Hall–Kier alpha value is -1.91. The first-order valence-corrected chi connectivity index (χ1v) is 10.3. The Kier molecular flexibility index (Phi) is 5.79. The van der Waals surface area contributed by atoms with Crippen LogP contribution >= 0.6 is 0 Å². The number of benzene rings is 2. The van der Waals surface area contributed by atoms with Crippen molar-refractivity contribution < 1.29 is 34.2 Å². The summed E-state index contributed by atoms with van der Waals surface area (Å²) >= 11 is 0. The molecule has 0 heterocycles. The van der Waals surface area contributed by atoms with Gasteiger partial charge in [-0.15, -0.1) is 0 Å². The molecule has 1 unspecified atom stereocenters. The Morgan fingerprint density at radius 2 is 1.42 bits per heavy atom. The lowest BCUT2D eigenvalue weighted by Crippen LogP contribution is -2.39. The van der Waals surface area contributed by atoms with E-state index in [9.17, 15) is 30.0 Å². The second-order valence-electron chi connectivity index (χ2n) is 5.49. The highest BCUT2D eigenvalue weighted by Crippen LogP contribution is 2.29. The van der Waals surface area contributed by atoms with Gasteiger partial charge >= 0.3 is 6.18 Å². The van der Waals surface area contributed by atoms with E-state index in [4.69, 9.17) is 0 Å². The SMILES string of the molecule is Cc1ccc(S(=O)(=O)OC(CS(=O)(=O)c2ccccc2)C(F)(F)F)cc1. The first-order chi connectivity index (χ1) is 11.9. The molecule has 2 rings (SSSR count). The molecular weight excluding hydrogens is 393 g/mol. The minimum Gasteiger partial charge on any atom is -0.252 e. The Balaban J connectivity index is 2.33. The maximum atomic E-state index is 13.2. The molecule has 26 heavy (non-hydrogen) atoms. The van der Waals surface area contributed by atoms with Gasteiger partial charge in [-0.2, -0.15) is 21.6 Å². The standard InChI is InChI=1S/C16H15F3O5S2/c1-12-7-9-14(10-8-12)26(22,23)24-15(16(17,18)19)11-25(20,21)13-5-3-2-4-6-13/h2-10,15H,11H2,1H3. The van der Waals surface area contributed by atoms with Gasteiger partial charge in [0.1, 0.15) is 0 Å². The molecular formula is C16H15F3O5S2. The molecule has 0 N–H and O–H groups in total. The predicted molar refractivity (Wildman–Crippen MR) is 87.8 cm³/mol. The van der Waals surface area contributed by atoms with E-state index in [1.165, 1.54) is 30.3 Å². The summed E-state index contributed by atoms with van der Waals surface area (Å²) in [6.45, 7) is 1.67. The van der Waals surface area contributed by atoms with Gasteiger partial charge in [0.15, 0.2) is 15.9 Å². The number of halogens is 3. The molecule has 0 radical (unpaired) electrons. The summed E-state index contributed by atoms with van der Waals surface area (Å²) in [5, 5.41) is 0. The lowest BCUT2D eigenvalue weighted by molar-refractivity contribution is -0.186. The first-order valence-electron chi connectivity index (χ1n) is 7.26. The van der Waals surface area contributed by atoms with E-state index in [0.29, 0.717) is 5.56 Å². The average Bonchev–Trinajstić information content (AvgIpc) is 2.54. The van der Waals surface area contributed by atoms with E-state index in [0.717, 1.165) is 24.3 Å². The summed E-state index contributed by atoms with van der Waals surface area (Å²) in [6, 6.07) is 11.4. The zero-order valence-electron chi connectivity index (χ0n) is 13.5. The molecule has 0 fully saturated rings. The van der Waals surface area contributed by atoms with Crippen LogP contribution in [-0.4, -0.2) is 34.9 Å². The summed E-state index contributed by atoms with van der Waals surface area (Å²) < 4.78 is 92.5. The van der Waals surface area contributed by atoms with Crippen LogP contribution in [0.25, 0.3) is 0 Å². The van der Waals surface area contributed by atoms with Gasteiger partial charge in [-0.3, -0.25) is 4.18 Å². The highest BCUT2D eigenvalue weighted by atomic mass is 32.2. The fourth-order valence-electron chi connectivity index (χ4n) is 2.01. The van der Waals surface area contributed by atoms with Gasteiger partial charge in [-0.1, -0.05) is 35.9 Å². The third-order valence-electron chi connectivity index (χ3n) is 3.39. The predicted octanol–water partition coefficient (Wildman–Crippen LogP) is 3.11. The normalized spacial score (nSPS) is 14.2. The van der Waals surface area contributed by atoms with Crippen molar-refractivity contribution in [2.24, 2.45) is 0 Å². The third kappa shape index (κ3) is 5.05. The van der Waals surface area contributed by atoms with Crippen molar-refractivity contribution >= 4 is 20.0 Å². The third-order valence-corrected chi connectivity index (χ3v) is 6.46. The minimum absolute atomic E-state index is 0.356. The van der Waals surface area contributed by atoms with Gasteiger partial charge in [0.25, 0.3) is 10.1 Å². The van der Waals surface area contributed by atoms with Gasteiger partial charge in [0.05, 0.1) is 15.5 Å². The summed E-state index contributed by atoms with van der Waals surface area (Å²) in [7, 11) is -9.21. The molecule has 2 aromatic carbocycles. The van der Waals surface area contributed by atoms with Crippen LogP contribution in [0.3, 0.4) is 0 Å². The van der Waals surface area contributed by atoms with Crippen LogP contribution in [0.5, 0.6) is 0 Å². The summed E-state index contributed by atoms with van der Waals surface area (Å²) in [4.78, 5) is -0.847. The quantitative estimate of drug-likeness (QED) is 0.687. The summed E-state index contributed by atoms with van der Waals surface area (Å²) in [6.07, 6.45) is -8.22. The van der Waals surface area contributed by atoms with Crippen molar-refractivity contribution in [1.82, 2.24) is 0 Å². The van der Waals surface area contributed by atoms with Gasteiger partial charge in [0.2, 0.25) is 0 Å². The molecule has 10 heteroatoms. The summed E-state index contributed by atoms with van der Waals surface area (Å²) in [5.74, 6) is -1.55. The molecule has 0 saturated heterocycles. The molecule has 0 spiro atoms. The van der Waals surface area contributed by atoms with E-state index < -0.39 is 42.9 Å². The topological polar surface area (TPSA) is 77.5 Å². The molecule has 0 saturated carbocycles. The molecule has 0 bridgehead atoms. The monoisotopic (exact) mass is 408 g/mol. The number of aryl methyl sites for hydroxylation is 1. The Morgan fingerprint density at radius 1 is 0.885 bits per heavy atom. The van der Waals surface area contributed by atoms with Crippen molar-refractivity contribution in [3.8, 4) is 0 Å². The van der Waals surface area contributed by atoms with Crippen LogP contribution in [0, 0.1) is 6.92 Å². The van der Waals surface area contributed by atoms with Crippen molar-refractivity contribution in [2.45, 2.75) is 29.0 Å². The van der Waals surface area contributed by atoms with Crippen LogP contribution in [0.15, 0.2) is 64.4 Å². The minimum atomic E-state index is -5.19. The second kappa shape index (κ2) is 7.37. The maximum Gasteiger partial charge on any atom is 0.417 e. The molecule has 0 aliphatic carbocycles. The van der Waals surface area contributed by atoms with Crippen molar-refractivity contribution in [3.05, 3.63) is 60.2 Å². The number of hydrogen-bond donors (Lipinski definition) is 0. The molecule has 5 nitrogen and oxygen atoms in total. The molecule has 0 amide bonds. The maximum absolute atomic E-state index is 13.2. The van der Waals surface area contributed by atoms with E-state index in [-0.39, 0.29) is 4.90 Å². The van der Waals surface area contributed by atoms with Gasteiger partial charge in [0, 0.05) is 0 Å². The lowest BCUT2D eigenvalue weighted by atomic mass is 10.2. The molecule has 0 aromatic heterocycles. The van der Waals surface area contributed by atoms with Crippen LogP contribution in [0.1, 0.15) is 5.56 Å². The Morgan fingerprint density at radius 3 is 1.92 bits per heavy atom. The number of hydrogen-bond acceptors (Lipinski definition) is 5. The van der Waals surface area contributed by atoms with Gasteiger partial charge < -0.3 is 0 Å². The molecule has 2 aromatic rings. The van der Waals surface area contributed by atoms with Crippen LogP contribution in [-0.2, 0) is 24.1 Å². The Labute approximate surface area is 149 Å². The van der Waals surface area contributed by atoms with Gasteiger partial charge in [-0.05, 0) is 31.2 Å². The van der Waals surface area contributed by atoms with E-state index in [1.807, 2.05) is 0 Å². The molecule has 0 aliphatic heterocycles. The Bertz CT molecular complexity index is 951.